The van der Waals surface area contributed by atoms with Gasteiger partial charge in [0.05, 0.1) is 6.04 Å². The molecule has 0 unspecified atom stereocenters. The van der Waals surface area contributed by atoms with Gasteiger partial charge in [0.1, 0.15) is 11.4 Å². The molecule has 1 aliphatic heterocycles. The number of rotatable bonds is 7. The van der Waals surface area contributed by atoms with Crippen molar-refractivity contribution in [2.75, 3.05) is 6.54 Å². The Hall–Kier alpha value is -3.74. The first-order valence-corrected chi connectivity index (χ1v) is 10.9. The molecule has 3 aromatic rings. The van der Waals surface area contributed by atoms with Crippen molar-refractivity contribution in [3.8, 4) is 11.1 Å². The van der Waals surface area contributed by atoms with Crippen molar-refractivity contribution in [1.82, 2.24) is 9.88 Å². The van der Waals surface area contributed by atoms with Gasteiger partial charge in [-0.1, -0.05) is 42.5 Å². The smallest absolute Gasteiger partial charge is 0.411 e. The standard InChI is InChI=1S/C26H25FN2O4/c1-18(19-4-6-20(7-5-19)21-3-2-15-28-17-21)29-16-14-26(33-25(29)32,13-12-24(30)31)22-8-10-23(27)11-9-22/h2-11,15,17-18H,12-14,16H2,1H3,(H,30,31)/t18-,26-/m0/s1. The second-order valence-electron chi connectivity index (χ2n) is 8.25. The Bertz CT molecular complexity index is 1120. The lowest BCUT2D eigenvalue weighted by atomic mass is 9.84. The van der Waals surface area contributed by atoms with Crippen LogP contribution >= 0.6 is 0 Å². The minimum Gasteiger partial charge on any atom is -0.481 e. The second-order valence-corrected chi connectivity index (χ2v) is 8.25. The maximum Gasteiger partial charge on any atom is 0.411 e. The number of carboxylic acid groups (broad SMARTS) is 1. The monoisotopic (exact) mass is 448 g/mol. The topological polar surface area (TPSA) is 79.7 Å². The summed E-state index contributed by atoms with van der Waals surface area (Å²) in [4.78, 5) is 30.1. The summed E-state index contributed by atoms with van der Waals surface area (Å²) < 4.78 is 19.3. The molecule has 1 saturated heterocycles. The van der Waals surface area contributed by atoms with Crippen LogP contribution in [-0.4, -0.2) is 33.6 Å². The van der Waals surface area contributed by atoms with Crippen LogP contribution in [0.3, 0.4) is 0 Å². The van der Waals surface area contributed by atoms with E-state index in [-0.39, 0.29) is 18.9 Å². The normalized spacial score (nSPS) is 19.1. The van der Waals surface area contributed by atoms with Crippen molar-refractivity contribution in [3.63, 3.8) is 0 Å². The molecule has 1 amide bonds. The Labute approximate surface area is 191 Å². The molecule has 0 radical (unpaired) electrons. The summed E-state index contributed by atoms with van der Waals surface area (Å²) in [5, 5.41) is 9.19. The van der Waals surface area contributed by atoms with Gasteiger partial charge >= 0.3 is 12.1 Å². The zero-order valence-electron chi connectivity index (χ0n) is 18.3. The summed E-state index contributed by atoms with van der Waals surface area (Å²) in [6, 6.07) is 17.3. The van der Waals surface area contributed by atoms with Crippen molar-refractivity contribution in [2.24, 2.45) is 0 Å². The van der Waals surface area contributed by atoms with Gasteiger partial charge in [-0.25, -0.2) is 9.18 Å². The van der Waals surface area contributed by atoms with Crippen LogP contribution < -0.4 is 0 Å². The number of benzene rings is 2. The van der Waals surface area contributed by atoms with Gasteiger partial charge in [0.25, 0.3) is 0 Å². The third kappa shape index (κ3) is 4.87. The molecule has 2 atom stereocenters. The molecule has 33 heavy (non-hydrogen) atoms. The summed E-state index contributed by atoms with van der Waals surface area (Å²) in [5.41, 5.74) is 2.51. The SMILES string of the molecule is C[C@@H](c1ccc(-c2cccnc2)cc1)N1CC[C@@](CCC(=O)O)(c2ccc(F)cc2)OC1=O. The number of hydrogen-bond donors (Lipinski definition) is 1. The molecule has 0 bridgehead atoms. The fraction of sp³-hybridized carbons (Fsp3) is 0.269. The fourth-order valence-corrected chi connectivity index (χ4v) is 4.27. The van der Waals surface area contributed by atoms with Crippen LogP contribution in [0.2, 0.25) is 0 Å². The molecule has 0 aliphatic carbocycles. The molecule has 2 aromatic carbocycles. The van der Waals surface area contributed by atoms with Gasteiger partial charge in [-0.3, -0.25) is 9.78 Å². The number of nitrogens with zero attached hydrogens (tertiary/aromatic N) is 2. The van der Waals surface area contributed by atoms with Gasteiger partial charge in [-0.15, -0.1) is 0 Å². The predicted molar refractivity (Wildman–Crippen MR) is 121 cm³/mol. The van der Waals surface area contributed by atoms with Gasteiger partial charge in [-0.2, -0.15) is 0 Å². The zero-order valence-corrected chi connectivity index (χ0v) is 18.3. The molecule has 1 fully saturated rings. The number of carbonyl (C=O) groups is 2. The number of halogens is 1. The van der Waals surface area contributed by atoms with E-state index in [1.54, 1.807) is 29.4 Å². The van der Waals surface area contributed by atoms with Crippen LogP contribution in [0.4, 0.5) is 9.18 Å². The lowest BCUT2D eigenvalue weighted by Crippen LogP contribution is -2.49. The first-order valence-electron chi connectivity index (χ1n) is 10.9. The van der Waals surface area contributed by atoms with Crippen molar-refractivity contribution in [2.45, 2.75) is 37.8 Å². The third-order valence-corrected chi connectivity index (χ3v) is 6.24. The average Bonchev–Trinajstić information content (AvgIpc) is 2.83. The molecule has 0 spiro atoms. The molecule has 7 heteroatoms. The molecule has 1 N–H and O–H groups in total. The number of cyclic esters (lactones) is 1. The minimum absolute atomic E-state index is 0.127. The van der Waals surface area contributed by atoms with Crippen LogP contribution in [0.15, 0.2) is 73.1 Å². The van der Waals surface area contributed by atoms with Gasteiger partial charge < -0.3 is 14.7 Å². The predicted octanol–water partition coefficient (Wildman–Crippen LogP) is 5.55. The summed E-state index contributed by atoms with van der Waals surface area (Å²) >= 11 is 0. The molecule has 4 rings (SSSR count). The number of carboxylic acids is 1. The Kier molecular flexibility index (Phi) is 6.40. The number of pyridine rings is 1. The van der Waals surface area contributed by atoms with Gasteiger partial charge in [-0.05, 0) is 47.4 Å². The summed E-state index contributed by atoms with van der Waals surface area (Å²) in [7, 11) is 0. The minimum atomic E-state index is -1.09. The van der Waals surface area contributed by atoms with Gasteiger partial charge in [0.15, 0.2) is 0 Å². The van der Waals surface area contributed by atoms with E-state index >= 15 is 0 Å². The Balaban J connectivity index is 1.52. The molecule has 2 heterocycles. The van der Waals surface area contributed by atoms with Gasteiger partial charge in [0, 0.05) is 38.2 Å². The molecule has 170 valence electrons. The number of ether oxygens (including phenoxy) is 1. The van der Waals surface area contributed by atoms with E-state index in [0.29, 0.717) is 18.5 Å². The van der Waals surface area contributed by atoms with E-state index in [1.807, 2.05) is 43.3 Å². The first-order chi connectivity index (χ1) is 15.9. The van der Waals surface area contributed by atoms with Crippen molar-refractivity contribution in [1.29, 1.82) is 0 Å². The van der Waals surface area contributed by atoms with E-state index < -0.39 is 23.5 Å². The summed E-state index contributed by atoms with van der Waals surface area (Å²) in [6.45, 7) is 2.32. The third-order valence-electron chi connectivity index (χ3n) is 6.24. The Morgan fingerprint density at radius 1 is 1.15 bits per heavy atom. The first kappa shape index (κ1) is 22.5. The lowest BCUT2D eigenvalue weighted by Gasteiger charge is -2.43. The highest BCUT2D eigenvalue weighted by Crippen LogP contribution is 2.40. The fourth-order valence-electron chi connectivity index (χ4n) is 4.27. The zero-order chi connectivity index (χ0) is 23.4. The Morgan fingerprint density at radius 2 is 1.88 bits per heavy atom. The largest absolute Gasteiger partial charge is 0.481 e. The van der Waals surface area contributed by atoms with Crippen LogP contribution in [-0.2, 0) is 15.1 Å². The lowest BCUT2D eigenvalue weighted by molar-refractivity contribution is -0.139. The summed E-state index contributed by atoms with van der Waals surface area (Å²) in [5.74, 6) is -1.38. The number of hydrogen-bond acceptors (Lipinski definition) is 4. The maximum absolute atomic E-state index is 13.4. The van der Waals surface area contributed by atoms with Crippen LogP contribution in [0.25, 0.3) is 11.1 Å². The maximum atomic E-state index is 13.4. The van der Waals surface area contributed by atoms with Crippen LogP contribution in [0, 0.1) is 5.82 Å². The van der Waals surface area contributed by atoms with E-state index in [2.05, 4.69) is 4.98 Å². The van der Waals surface area contributed by atoms with Crippen molar-refractivity contribution < 1.29 is 23.8 Å². The molecule has 6 nitrogen and oxygen atoms in total. The molecule has 1 aliphatic rings. The molecule has 1 aromatic heterocycles. The number of carbonyl (C=O) groups excluding carboxylic acids is 1. The Morgan fingerprint density at radius 3 is 2.48 bits per heavy atom. The van der Waals surface area contributed by atoms with Gasteiger partial charge in [0.2, 0.25) is 0 Å². The highest BCUT2D eigenvalue weighted by Gasteiger charge is 2.43. The van der Waals surface area contributed by atoms with Crippen LogP contribution in [0.1, 0.15) is 43.4 Å². The van der Waals surface area contributed by atoms with E-state index in [1.165, 1.54) is 12.1 Å². The van der Waals surface area contributed by atoms with E-state index in [4.69, 9.17) is 4.74 Å². The average molecular weight is 448 g/mol. The van der Waals surface area contributed by atoms with Crippen molar-refractivity contribution >= 4 is 12.1 Å². The van der Waals surface area contributed by atoms with E-state index in [0.717, 1.165) is 16.7 Å². The molecule has 0 saturated carbocycles. The number of aliphatic carboxylic acids is 1. The molecular formula is C26H25FN2O4. The quantitative estimate of drug-likeness (QED) is 0.513. The highest BCUT2D eigenvalue weighted by molar-refractivity contribution is 5.71. The second kappa shape index (κ2) is 9.40. The van der Waals surface area contributed by atoms with E-state index in [9.17, 15) is 19.1 Å². The summed E-state index contributed by atoms with van der Waals surface area (Å²) in [6.07, 6.45) is 3.39. The number of aromatic nitrogens is 1. The molecular weight excluding hydrogens is 423 g/mol. The van der Waals surface area contributed by atoms with Crippen LogP contribution in [0.5, 0.6) is 0 Å². The number of amides is 1. The highest BCUT2D eigenvalue weighted by atomic mass is 19.1. The van der Waals surface area contributed by atoms with Crippen molar-refractivity contribution in [3.05, 3.63) is 90.0 Å².